The monoisotopic (exact) mass is 227 g/mol. The van der Waals surface area contributed by atoms with E-state index >= 15 is 0 Å². The molecule has 0 aromatic carbocycles. The lowest BCUT2D eigenvalue weighted by molar-refractivity contribution is -0.849. The van der Waals surface area contributed by atoms with E-state index in [1.807, 2.05) is 0 Å². The third-order valence-corrected chi connectivity index (χ3v) is 1.72. The molecule has 0 amide bonds. The SMILES string of the molecule is CCOP(=O)([O-])OCC.C[N+](C)(C)C. The molecule has 0 heterocycles. The molecule has 0 aliphatic rings. The van der Waals surface area contributed by atoms with Crippen LogP contribution in [0.3, 0.4) is 0 Å². The van der Waals surface area contributed by atoms with E-state index in [2.05, 4.69) is 37.2 Å². The standard InChI is InChI=1S/C4H12N.C4H11O4P/c1-5(2,3)4;1-3-7-9(5,6)8-4-2/h1-4H3;3-4H2,1-2H3,(H,5,6)/q+1;/p-1. The number of rotatable bonds is 4. The first kappa shape index (κ1) is 16.5. The van der Waals surface area contributed by atoms with E-state index in [0.29, 0.717) is 0 Å². The van der Waals surface area contributed by atoms with Gasteiger partial charge in [-0.05, 0) is 13.8 Å². The molecule has 0 N–H and O–H groups in total. The third kappa shape index (κ3) is 22.7. The van der Waals surface area contributed by atoms with Crippen molar-refractivity contribution in [2.45, 2.75) is 13.8 Å². The molecule has 0 unspecified atom stereocenters. The molecular formula is C8H22NO4P. The van der Waals surface area contributed by atoms with Crippen LogP contribution >= 0.6 is 7.82 Å². The average Bonchev–Trinajstić information content (AvgIpc) is 1.81. The Hall–Kier alpha value is 0.0700. The first-order chi connectivity index (χ1) is 6.12. The lowest BCUT2D eigenvalue weighted by Crippen LogP contribution is -2.27. The summed E-state index contributed by atoms with van der Waals surface area (Å²) in [4.78, 5) is 10.4. The summed E-state index contributed by atoms with van der Waals surface area (Å²) >= 11 is 0. The van der Waals surface area contributed by atoms with Gasteiger partial charge in [-0.15, -0.1) is 0 Å². The Morgan fingerprint density at radius 2 is 1.29 bits per heavy atom. The second kappa shape index (κ2) is 7.37. The molecule has 0 saturated carbocycles. The van der Waals surface area contributed by atoms with Crippen LogP contribution in [0.4, 0.5) is 0 Å². The van der Waals surface area contributed by atoms with Gasteiger partial charge in [0.2, 0.25) is 0 Å². The summed E-state index contributed by atoms with van der Waals surface area (Å²) in [7, 11) is 4.56. The molecule has 88 valence electrons. The van der Waals surface area contributed by atoms with Gasteiger partial charge in [0.15, 0.2) is 0 Å². The van der Waals surface area contributed by atoms with Crippen molar-refractivity contribution in [3.8, 4) is 0 Å². The fourth-order valence-corrected chi connectivity index (χ4v) is 1.06. The van der Waals surface area contributed by atoms with E-state index in [0.717, 1.165) is 4.48 Å². The largest absolute Gasteiger partial charge is 0.756 e. The van der Waals surface area contributed by atoms with Gasteiger partial charge in [-0.3, -0.25) is 4.57 Å². The molecule has 14 heavy (non-hydrogen) atoms. The van der Waals surface area contributed by atoms with E-state index < -0.39 is 7.82 Å². The van der Waals surface area contributed by atoms with E-state index in [4.69, 9.17) is 0 Å². The highest BCUT2D eigenvalue weighted by molar-refractivity contribution is 7.45. The molecule has 5 nitrogen and oxygen atoms in total. The first-order valence-electron chi connectivity index (χ1n) is 4.51. The van der Waals surface area contributed by atoms with Crippen LogP contribution < -0.4 is 4.89 Å². The number of phosphoric acid groups is 1. The third-order valence-electron chi connectivity index (χ3n) is 0.574. The molecule has 0 aromatic heterocycles. The molecule has 6 heteroatoms. The van der Waals surface area contributed by atoms with E-state index in [-0.39, 0.29) is 13.2 Å². The quantitative estimate of drug-likeness (QED) is 0.527. The highest BCUT2D eigenvalue weighted by atomic mass is 31.2. The van der Waals surface area contributed by atoms with Gasteiger partial charge in [0, 0.05) is 0 Å². The number of quaternary nitrogens is 1. The number of hydrogen-bond acceptors (Lipinski definition) is 4. The minimum absolute atomic E-state index is 0.126. The molecule has 0 spiro atoms. The van der Waals surface area contributed by atoms with Crippen molar-refractivity contribution in [1.29, 1.82) is 0 Å². The van der Waals surface area contributed by atoms with Crippen LogP contribution in [0.5, 0.6) is 0 Å². The predicted molar refractivity (Wildman–Crippen MR) is 54.8 cm³/mol. The highest BCUT2D eigenvalue weighted by Gasteiger charge is 2.04. The van der Waals surface area contributed by atoms with Crippen LogP contribution in [-0.2, 0) is 13.6 Å². The number of hydrogen-bond donors (Lipinski definition) is 0. The molecule has 0 rings (SSSR count). The Morgan fingerprint density at radius 3 is 1.43 bits per heavy atom. The van der Waals surface area contributed by atoms with Gasteiger partial charge >= 0.3 is 0 Å². The maximum atomic E-state index is 10.4. The van der Waals surface area contributed by atoms with Crippen molar-refractivity contribution in [1.82, 2.24) is 0 Å². The van der Waals surface area contributed by atoms with Gasteiger partial charge in [0.25, 0.3) is 7.82 Å². The van der Waals surface area contributed by atoms with Crippen molar-refractivity contribution in [2.75, 3.05) is 41.4 Å². The fourth-order valence-electron chi connectivity index (χ4n) is 0.353. The van der Waals surface area contributed by atoms with Crippen molar-refractivity contribution in [2.24, 2.45) is 0 Å². The van der Waals surface area contributed by atoms with E-state index in [1.165, 1.54) is 0 Å². The minimum Gasteiger partial charge on any atom is -0.756 e. The second-order valence-electron chi connectivity index (χ2n) is 3.97. The average molecular weight is 227 g/mol. The van der Waals surface area contributed by atoms with E-state index in [9.17, 15) is 9.46 Å². The zero-order valence-electron chi connectivity index (χ0n) is 9.94. The maximum Gasteiger partial charge on any atom is 0.267 e. The number of nitrogens with zero attached hydrogens (tertiary/aromatic N) is 1. The van der Waals surface area contributed by atoms with Crippen LogP contribution in [-0.4, -0.2) is 45.9 Å². The predicted octanol–water partition coefficient (Wildman–Crippen LogP) is 0.850. The Labute approximate surface area is 86.8 Å². The van der Waals surface area contributed by atoms with Crippen molar-refractivity contribution in [3.05, 3.63) is 0 Å². The molecule has 0 atom stereocenters. The molecule has 0 radical (unpaired) electrons. The Kier molecular flexibility index (Phi) is 8.69. The maximum absolute atomic E-state index is 10.4. The van der Waals surface area contributed by atoms with Gasteiger partial charge < -0.3 is 18.4 Å². The second-order valence-corrected chi connectivity index (χ2v) is 5.38. The highest BCUT2D eigenvalue weighted by Crippen LogP contribution is 2.37. The summed E-state index contributed by atoms with van der Waals surface area (Å²) in [6, 6.07) is 0. The van der Waals surface area contributed by atoms with Crippen LogP contribution in [0.25, 0.3) is 0 Å². The van der Waals surface area contributed by atoms with Crippen molar-refractivity contribution in [3.63, 3.8) is 0 Å². The van der Waals surface area contributed by atoms with Crippen molar-refractivity contribution >= 4 is 7.82 Å². The first-order valence-corrected chi connectivity index (χ1v) is 5.97. The zero-order chi connectivity index (χ0) is 11.8. The lowest BCUT2D eigenvalue weighted by atomic mass is 10.8. The Bertz CT molecular complexity index is 163. The van der Waals surface area contributed by atoms with Crippen molar-refractivity contribution < 1.29 is 23.0 Å². The van der Waals surface area contributed by atoms with Gasteiger partial charge in [-0.2, -0.15) is 0 Å². The molecule has 0 aliphatic heterocycles. The molecular weight excluding hydrogens is 205 g/mol. The van der Waals surface area contributed by atoms with E-state index in [1.54, 1.807) is 13.8 Å². The molecule has 0 fully saturated rings. The molecule has 0 bridgehead atoms. The Morgan fingerprint density at radius 1 is 1.07 bits per heavy atom. The molecule has 0 saturated heterocycles. The summed E-state index contributed by atoms with van der Waals surface area (Å²) in [6.45, 7) is 3.43. The molecule has 0 aromatic rings. The Balaban J connectivity index is 0. The zero-order valence-corrected chi connectivity index (χ0v) is 10.8. The summed E-state index contributed by atoms with van der Waals surface area (Å²) in [5.41, 5.74) is 0. The minimum atomic E-state index is -3.94. The van der Waals surface area contributed by atoms with Crippen LogP contribution in [0.15, 0.2) is 0 Å². The van der Waals surface area contributed by atoms with Gasteiger partial charge in [-0.25, -0.2) is 0 Å². The summed E-state index contributed by atoms with van der Waals surface area (Å²) in [6.07, 6.45) is 0. The normalized spacial score (nSPS) is 11.9. The number of phosphoric ester groups is 1. The van der Waals surface area contributed by atoms with Gasteiger partial charge in [0.05, 0.1) is 41.4 Å². The van der Waals surface area contributed by atoms with Gasteiger partial charge in [-0.1, -0.05) is 0 Å². The topological polar surface area (TPSA) is 58.6 Å². The summed E-state index contributed by atoms with van der Waals surface area (Å²) in [5.74, 6) is 0. The van der Waals surface area contributed by atoms with Crippen LogP contribution in [0, 0.1) is 0 Å². The lowest BCUT2D eigenvalue weighted by Gasteiger charge is -2.20. The molecule has 0 aliphatic carbocycles. The van der Waals surface area contributed by atoms with Crippen LogP contribution in [0.1, 0.15) is 13.8 Å². The summed E-state index contributed by atoms with van der Waals surface area (Å²) in [5, 5.41) is 0. The van der Waals surface area contributed by atoms with Gasteiger partial charge in [0.1, 0.15) is 0 Å². The van der Waals surface area contributed by atoms with Crippen LogP contribution in [0.2, 0.25) is 0 Å². The fraction of sp³-hybridized carbons (Fsp3) is 1.00. The smallest absolute Gasteiger partial charge is 0.267 e. The summed E-state index contributed by atoms with van der Waals surface area (Å²) < 4.78 is 19.9.